The number of carbonyl (C=O) groups is 1. The summed E-state index contributed by atoms with van der Waals surface area (Å²) >= 11 is 0. The van der Waals surface area contributed by atoms with Gasteiger partial charge in [0.05, 0.1) is 19.1 Å². The topological polar surface area (TPSA) is 42.4 Å². The molecule has 0 unspecified atom stereocenters. The average molecular weight is 330 g/mol. The lowest BCUT2D eigenvalue weighted by Crippen LogP contribution is -2.36. The largest absolute Gasteiger partial charge is 0.384 e. The molecule has 24 heavy (non-hydrogen) atoms. The number of halogens is 1. The first-order valence-corrected chi connectivity index (χ1v) is 8.02. The Morgan fingerprint density at radius 2 is 2.12 bits per heavy atom. The van der Waals surface area contributed by atoms with Crippen molar-refractivity contribution in [1.82, 2.24) is 9.88 Å². The Bertz CT molecular complexity index is 676. The van der Waals surface area contributed by atoms with E-state index < -0.39 is 0 Å². The molecule has 1 aromatic carbocycles. The molecular formula is C19H23FN2O2. The maximum Gasteiger partial charge on any atom is 0.225 e. The number of nitrogens with zero attached hydrogens (tertiary/aromatic N) is 2. The third-order valence-corrected chi connectivity index (χ3v) is 3.99. The van der Waals surface area contributed by atoms with E-state index in [9.17, 15) is 9.18 Å². The summed E-state index contributed by atoms with van der Waals surface area (Å²) in [4.78, 5) is 18.6. The quantitative estimate of drug-likeness (QED) is 0.780. The molecule has 1 atom stereocenters. The average Bonchev–Trinajstić information content (AvgIpc) is 2.60. The van der Waals surface area contributed by atoms with Crippen LogP contribution in [0.25, 0.3) is 0 Å². The monoisotopic (exact) mass is 330 g/mol. The van der Waals surface area contributed by atoms with Crippen LogP contribution in [0.15, 0.2) is 42.7 Å². The molecule has 0 saturated carbocycles. The molecule has 1 aromatic heterocycles. The number of carbonyl (C=O) groups excluding carboxylic acids is 1. The van der Waals surface area contributed by atoms with Crippen molar-refractivity contribution in [1.29, 1.82) is 0 Å². The van der Waals surface area contributed by atoms with Crippen molar-refractivity contribution in [3.8, 4) is 0 Å². The van der Waals surface area contributed by atoms with Gasteiger partial charge in [-0.2, -0.15) is 0 Å². The molecule has 128 valence electrons. The van der Waals surface area contributed by atoms with E-state index >= 15 is 0 Å². The highest BCUT2D eigenvalue weighted by atomic mass is 19.1. The Morgan fingerprint density at radius 1 is 1.33 bits per heavy atom. The summed E-state index contributed by atoms with van der Waals surface area (Å²) in [5.41, 5.74) is 2.33. The van der Waals surface area contributed by atoms with Crippen molar-refractivity contribution in [3.05, 3.63) is 65.2 Å². The fourth-order valence-corrected chi connectivity index (χ4v) is 2.76. The molecule has 2 rings (SSSR count). The predicted octanol–water partition coefficient (Wildman–Crippen LogP) is 3.50. The minimum absolute atomic E-state index is 0.00446. The molecule has 0 aliphatic rings. The molecule has 4 nitrogen and oxygen atoms in total. The Morgan fingerprint density at radius 3 is 2.71 bits per heavy atom. The zero-order valence-corrected chi connectivity index (χ0v) is 14.3. The SMILES string of the molecule is CCN(C(=O)CCOC)[C@@H](c1cccnc1)c1ccc(F)c(C)c1. The first kappa shape index (κ1) is 18.1. The number of aryl methyl sites for hydroxylation is 1. The van der Waals surface area contributed by atoms with E-state index in [1.807, 2.05) is 19.1 Å². The van der Waals surface area contributed by atoms with Crippen LogP contribution in [0.5, 0.6) is 0 Å². The van der Waals surface area contributed by atoms with Crippen molar-refractivity contribution < 1.29 is 13.9 Å². The number of methoxy groups -OCH3 is 1. The van der Waals surface area contributed by atoms with Crippen LogP contribution in [0.3, 0.4) is 0 Å². The van der Waals surface area contributed by atoms with Crippen molar-refractivity contribution in [3.63, 3.8) is 0 Å². The van der Waals surface area contributed by atoms with Crippen molar-refractivity contribution in [2.45, 2.75) is 26.3 Å². The number of hydrogen-bond donors (Lipinski definition) is 0. The van der Waals surface area contributed by atoms with Gasteiger partial charge >= 0.3 is 0 Å². The smallest absolute Gasteiger partial charge is 0.225 e. The van der Waals surface area contributed by atoms with Gasteiger partial charge in [0.1, 0.15) is 5.82 Å². The first-order chi connectivity index (χ1) is 11.6. The van der Waals surface area contributed by atoms with Gasteiger partial charge in [-0.05, 0) is 42.7 Å². The normalized spacial score (nSPS) is 12.0. The van der Waals surface area contributed by atoms with Crippen molar-refractivity contribution in [2.75, 3.05) is 20.3 Å². The molecule has 0 aliphatic heterocycles. The molecule has 1 heterocycles. The molecule has 5 heteroatoms. The molecule has 0 aliphatic carbocycles. The number of hydrogen-bond acceptors (Lipinski definition) is 3. The van der Waals surface area contributed by atoms with Crippen LogP contribution < -0.4 is 0 Å². The molecule has 0 spiro atoms. The minimum atomic E-state index is -0.299. The fraction of sp³-hybridized carbons (Fsp3) is 0.368. The lowest BCUT2D eigenvalue weighted by molar-refractivity contribution is -0.133. The predicted molar refractivity (Wildman–Crippen MR) is 91.1 cm³/mol. The van der Waals surface area contributed by atoms with Gasteiger partial charge in [-0.25, -0.2) is 4.39 Å². The zero-order chi connectivity index (χ0) is 17.5. The summed E-state index contributed by atoms with van der Waals surface area (Å²) in [6, 6.07) is 8.44. The van der Waals surface area contributed by atoms with Gasteiger partial charge in [-0.1, -0.05) is 18.2 Å². The second-order valence-corrected chi connectivity index (χ2v) is 5.62. The molecule has 0 N–H and O–H groups in total. The van der Waals surface area contributed by atoms with E-state index in [0.717, 1.165) is 11.1 Å². The van der Waals surface area contributed by atoms with Gasteiger partial charge in [0.25, 0.3) is 0 Å². The van der Waals surface area contributed by atoms with Gasteiger partial charge in [-0.15, -0.1) is 0 Å². The van der Waals surface area contributed by atoms with E-state index in [0.29, 0.717) is 25.1 Å². The standard InChI is InChI=1S/C19H23FN2O2/c1-4-22(18(23)9-11-24-3)19(16-6-5-10-21-13-16)15-7-8-17(20)14(2)12-15/h5-8,10,12-13,19H,4,9,11H2,1-3H3/t19-/m1/s1. The number of pyridine rings is 1. The highest BCUT2D eigenvalue weighted by molar-refractivity contribution is 5.77. The third kappa shape index (κ3) is 4.17. The lowest BCUT2D eigenvalue weighted by atomic mass is 9.96. The molecule has 0 bridgehead atoms. The summed E-state index contributed by atoms with van der Waals surface area (Å²) in [7, 11) is 1.57. The number of aromatic nitrogens is 1. The van der Waals surface area contributed by atoms with Crippen LogP contribution >= 0.6 is 0 Å². The number of amides is 1. The molecule has 0 saturated heterocycles. The van der Waals surface area contributed by atoms with E-state index in [1.165, 1.54) is 6.07 Å². The van der Waals surface area contributed by atoms with Crippen molar-refractivity contribution in [2.24, 2.45) is 0 Å². The van der Waals surface area contributed by atoms with Gasteiger partial charge in [-0.3, -0.25) is 9.78 Å². The molecule has 0 fully saturated rings. The molecule has 2 aromatic rings. The van der Waals surface area contributed by atoms with Crippen LogP contribution in [0.2, 0.25) is 0 Å². The van der Waals surface area contributed by atoms with E-state index in [-0.39, 0.29) is 17.8 Å². The lowest BCUT2D eigenvalue weighted by Gasteiger charge is -2.32. The van der Waals surface area contributed by atoms with Crippen LogP contribution in [0.4, 0.5) is 4.39 Å². The molecule has 0 radical (unpaired) electrons. The number of benzene rings is 1. The Hall–Kier alpha value is -2.27. The van der Waals surface area contributed by atoms with Gasteiger partial charge in [0.15, 0.2) is 0 Å². The molecular weight excluding hydrogens is 307 g/mol. The second kappa shape index (κ2) is 8.55. The number of rotatable bonds is 7. The van der Waals surface area contributed by atoms with Gasteiger partial charge < -0.3 is 9.64 Å². The van der Waals surface area contributed by atoms with Gasteiger partial charge in [0, 0.05) is 26.0 Å². The third-order valence-electron chi connectivity index (χ3n) is 3.99. The Kier molecular flexibility index (Phi) is 6.44. The van der Waals surface area contributed by atoms with Crippen LogP contribution in [-0.4, -0.2) is 36.1 Å². The highest BCUT2D eigenvalue weighted by Gasteiger charge is 2.26. The molecule has 1 amide bonds. The summed E-state index contributed by atoms with van der Waals surface area (Å²) < 4.78 is 18.7. The van der Waals surface area contributed by atoms with Crippen molar-refractivity contribution >= 4 is 5.91 Å². The highest BCUT2D eigenvalue weighted by Crippen LogP contribution is 2.29. The van der Waals surface area contributed by atoms with E-state index in [4.69, 9.17) is 4.74 Å². The maximum atomic E-state index is 13.7. The van der Waals surface area contributed by atoms with E-state index in [2.05, 4.69) is 4.98 Å². The summed E-state index contributed by atoms with van der Waals surface area (Å²) in [5, 5.41) is 0. The fourth-order valence-electron chi connectivity index (χ4n) is 2.76. The minimum Gasteiger partial charge on any atom is -0.384 e. The zero-order valence-electron chi connectivity index (χ0n) is 14.3. The van der Waals surface area contributed by atoms with Gasteiger partial charge in [0.2, 0.25) is 5.91 Å². The second-order valence-electron chi connectivity index (χ2n) is 5.62. The summed E-state index contributed by atoms with van der Waals surface area (Å²) in [6.07, 6.45) is 3.75. The van der Waals surface area contributed by atoms with Crippen LogP contribution in [0, 0.1) is 12.7 Å². The maximum absolute atomic E-state index is 13.7. The van der Waals surface area contributed by atoms with Crippen LogP contribution in [-0.2, 0) is 9.53 Å². The van der Waals surface area contributed by atoms with Crippen LogP contribution in [0.1, 0.15) is 36.1 Å². The first-order valence-electron chi connectivity index (χ1n) is 8.02. The summed E-state index contributed by atoms with van der Waals surface area (Å²) in [6.45, 7) is 4.57. The summed E-state index contributed by atoms with van der Waals surface area (Å²) in [5.74, 6) is -0.257. The number of ether oxygens (including phenoxy) is 1. The van der Waals surface area contributed by atoms with E-state index in [1.54, 1.807) is 43.5 Å². The Labute approximate surface area is 142 Å². The Balaban J connectivity index is 2.45.